The van der Waals surface area contributed by atoms with E-state index in [0.717, 1.165) is 31.2 Å². The smallest absolute Gasteiger partial charge is 0.238 e. The summed E-state index contributed by atoms with van der Waals surface area (Å²) in [6, 6.07) is 6.17. The first kappa shape index (κ1) is 18.6. The van der Waals surface area contributed by atoms with Crippen LogP contribution in [0.2, 0.25) is 0 Å². The van der Waals surface area contributed by atoms with Gasteiger partial charge >= 0.3 is 0 Å². The largest absolute Gasteiger partial charge is 0.302 e. The zero-order valence-electron chi connectivity index (χ0n) is 13.5. The summed E-state index contributed by atoms with van der Waals surface area (Å²) in [6.45, 7) is 2.13. The van der Waals surface area contributed by atoms with Crippen molar-refractivity contribution in [2.75, 3.05) is 5.32 Å². The minimum absolute atomic E-state index is 0.0309. The maximum absolute atomic E-state index is 11.9. The highest BCUT2D eigenvalue weighted by Gasteiger charge is 2.10. The Kier molecular flexibility index (Phi) is 6.47. The van der Waals surface area contributed by atoms with Crippen molar-refractivity contribution in [3.05, 3.63) is 29.6 Å². The summed E-state index contributed by atoms with van der Waals surface area (Å²) in [5.41, 5.74) is 1.45. The third-order valence-electron chi connectivity index (χ3n) is 3.49. The number of rotatable bonds is 8. The molecule has 0 bridgehead atoms. The van der Waals surface area contributed by atoms with E-state index in [1.54, 1.807) is 12.1 Å². The van der Waals surface area contributed by atoms with Crippen LogP contribution >= 0.6 is 11.3 Å². The van der Waals surface area contributed by atoms with Crippen LogP contribution in [0.3, 0.4) is 0 Å². The molecule has 2 rings (SSSR count). The van der Waals surface area contributed by atoms with Gasteiger partial charge in [-0.05, 0) is 18.6 Å². The van der Waals surface area contributed by atoms with Crippen LogP contribution < -0.4 is 10.5 Å². The zero-order chi connectivity index (χ0) is 17.6. The lowest BCUT2D eigenvalue weighted by Crippen LogP contribution is -2.11. The van der Waals surface area contributed by atoms with Crippen molar-refractivity contribution in [2.24, 2.45) is 5.14 Å². The Labute approximate surface area is 146 Å². The van der Waals surface area contributed by atoms with E-state index in [2.05, 4.69) is 17.2 Å². The molecule has 3 N–H and O–H groups in total. The van der Waals surface area contributed by atoms with Gasteiger partial charge in [-0.25, -0.2) is 18.5 Å². The number of thiazole rings is 1. The molecule has 0 saturated carbocycles. The lowest BCUT2D eigenvalue weighted by atomic mass is 10.1. The Balaban J connectivity index is 1.96. The van der Waals surface area contributed by atoms with Gasteiger partial charge in [-0.3, -0.25) is 4.79 Å². The number of carbonyl (C=O) groups is 1. The lowest BCUT2D eigenvalue weighted by Gasteiger charge is -2.02. The van der Waals surface area contributed by atoms with Crippen LogP contribution in [0.1, 0.15) is 39.0 Å². The number of benzene rings is 1. The molecule has 1 heterocycles. The average Bonchev–Trinajstić information content (AvgIpc) is 2.99. The number of nitrogens with zero attached hydrogens (tertiary/aromatic N) is 1. The summed E-state index contributed by atoms with van der Waals surface area (Å²) in [4.78, 5) is 16.3. The number of nitrogens with one attached hydrogen (secondary N) is 1. The Bertz CT molecular complexity index is 783. The second-order valence-corrected chi connectivity index (χ2v) is 7.89. The molecule has 0 aliphatic heterocycles. The van der Waals surface area contributed by atoms with E-state index in [1.165, 1.54) is 23.5 Å². The van der Waals surface area contributed by atoms with Crippen LogP contribution in [0.25, 0.3) is 11.3 Å². The first-order valence-corrected chi connectivity index (χ1v) is 10.2. The van der Waals surface area contributed by atoms with Gasteiger partial charge in [0.05, 0.1) is 10.6 Å². The standard InChI is InChI=1S/C16H21N3O3S2/c1-2-3-4-5-6-15(20)19-16-18-14(11-23-16)12-7-9-13(10-8-12)24(17,21)22/h7-11H,2-6H2,1H3,(H2,17,21,22)(H,18,19,20). The topological polar surface area (TPSA) is 102 Å². The van der Waals surface area contributed by atoms with Gasteiger partial charge in [0, 0.05) is 17.4 Å². The molecule has 0 atom stereocenters. The van der Waals surface area contributed by atoms with Gasteiger partial charge in [0.2, 0.25) is 15.9 Å². The number of hydrogen-bond donors (Lipinski definition) is 2. The molecule has 0 spiro atoms. The number of nitrogens with two attached hydrogens (primary N) is 1. The first-order chi connectivity index (χ1) is 11.4. The molecular weight excluding hydrogens is 346 g/mol. The molecule has 0 aliphatic carbocycles. The first-order valence-electron chi connectivity index (χ1n) is 7.79. The van der Waals surface area contributed by atoms with Gasteiger partial charge in [-0.1, -0.05) is 38.3 Å². The van der Waals surface area contributed by atoms with E-state index in [9.17, 15) is 13.2 Å². The third-order valence-corrected chi connectivity index (χ3v) is 5.17. The molecule has 1 amide bonds. The van der Waals surface area contributed by atoms with Crippen LogP contribution in [0.4, 0.5) is 5.13 Å². The summed E-state index contributed by atoms with van der Waals surface area (Å²) in [5.74, 6) is -0.0309. The van der Waals surface area contributed by atoms with Crippen molar-refractivity contribution in [3.8, 4) is 11.3 Å². The van der Waals surface area contributed by atoms with Gasteiger partial charge in [0.1, 0.15) is 0 Å². The van der Waals surface area contributed by atoms with Gasteiger partial charge in [-0.15, -0.1) is 11.3 Å². The molecule has 2 aromatic rings. The van der Waals surface area contributed by atoms with Gasteiger partial charge in [0.25, 0.3) is 0 Å². The number of hydrogen-bond acceptors (Lipinski definition) is 5. The Hall–Kier alpha value is -1.77. The number of primary sulfonamides is 1. The van der Waals surface area contributed by atoms with E-state index in [0.29, 0.717) is 17.2 Å². The van der Waals surface area contributed by atoms with Gasteiger partial charge < -0.3 is 5.32 Å². The molecule has 8 heteroatoms. The predicted octanol–water partition coefficient (Wildman–Crippen LogP) is 3.37. The molecule has 0 unspecified atom stereocenters. The summed E-state index contributed by atoms with van der Waals surface area (Å²) < 4.78 is 22.5. The summed E-state index contributed by atoms with van der Waals surface area (Å²) in [5, 5.41) is 10.2. The second kappa shape index (κ2) is 8.36. The van der Waals surface area contributed by atoms with E-state index >= 15 is 0 Å². The van der Waals surface area contributed by atoms with Crippen molar-refractivity contribution in [2.45, 2.75) is 43.9 Å². The molecule has 0 radical (unpaired) electrons. The molecule has 1 aromatic carbocycles. The fourth-order valence-corrected chi connectivity index (χ4v) is 3.42. The summed E-state index contributed by atoms with van der Waals surface area (Å²) >= 11 is 1.34. The fraction of sp³-hybridized carbons (Fsp3) is 0.375. The monoisotopic (exact) mass is 367 g/mol. The normalized spacial score (nSPS) is 11.4. The van der Waals surface area contributed by atoms with Gasteiger partial charge in [-0.2, -0.15) is 0 Å². The molecule has 0 saturated heterocycles. The van der Waals surface area contributed by atoms with Crippen molar-refractivity contribution in [1.82, 2.24) is 4.98 Å². The van der Waals surface area contributed by atoms with E-state index in [1.807, 2.05) is 5.38 Å². The van der Waals surface area contributed by atoms with Crippen LogP contribution in [-0.2, 0) is 14.8 Å². The van der Waals surface area contributed by atoms with Crippen LogP contribution in [0.15, 0.2) is 34.5 Å². The van der Waals surface area contributed by atoms with Crippen molar-refractivity contribution in [1.29, 1.82) is 0 Å². The van der Waals surface area contributed by atoms with Crippen molar-refractivity contribution in [3.63, 3.8) is 0 Å². The molecule has 0 aliphatic rings. The fourth-order valence-electron chi connectivity index (χ4n) is 2.17. The number of anilines is 1. The minimum atomic E-state index is -3.70. The Morgan fingerprint density at radius 1 is 1.21 bits per heavy atom. The lowest BCUT2D eigenvalue weighted by molar-refractivity contribution is -0.116. The number of unbranched alkanes of at least 4 members (excludes halogenated alkanes) is 3. The van der Waals surface area contributed by atoms with E-state index < -0.39 is 10.0 Å². The maximum Gasteiger partial charge on any atom is 0.238 e. The zero-order valence-corrected chi connectivity index (χ0v) is 15.1. The second-order valence-electron chi connectivity index (χ2n) is 5.47. The highest BCUT2D eigenvalue weighted by molar-refractivity contribution is 7.89. The number of sulfonamides is 1. The number of aromatic nitrogens is 1. The molecule has 0 fully saturated rings. The number of amides is 1. The van der Waals surface area contributed by atoms with Crippen molar-refractivity contribution >= 4 is 32.4 Å². The average molecular weight is 367 g/mol. The Morgan fingerprint density at radius 2 is 1.92 bits per heavy atom. The molecule has 130 valence electrons. The molecule has 1 aromatic heterocycles. The summed E-state index contributed by atoms with van der Waals surface area (Å²) in [7, 11) is -3.70. The predicted molar refractivity (Wildman–Crippen MR) is 96.3 cm³/mol. The van der Waals surface area contributed by atoms with Crippen LogP contribution in [0, 0.1) is 0 Å². The highest BCUT2D eigenvalue weighted by Crippen LogP contribution is 2.25. The van der Waals surface area contributed by atoms with Crippen LogP contribution in [0.5, 0.6) is 0 Å². The van der Waals surface area contributed by atoms with Crippen LogP contribution in [-0.4, -0.2) is 19.3 Å². The molecule has 24 heavy (non-hydrogen) atoms. The number of carbonyl (C=O) groups excluding carboxylic acids is 1. The van der Waals surface area contributed by atoms with E-state index in [4.69, 9.17) is 5.14 Å². The van der Waals surface area contributed by atoms with E-state index in [-0.39, 0.29) is 10.8 Å². The highest BCUT2D eigenvalue weighted by atomic mass is 32.2. The molecule has 6 nitrogen and oxygen atoms in total. The molecular formula is C16H21N3O3S2. The maximum atomic E-state index is 11.9. The third kappa shape index (κ3) is 5.40. The Morgan fingerprint density at radius 3 is 2.54 bits per heavy atom. The van der Waals surface area contributed by atoms with Gasteiger partial charge in [0.15, 0.2) is 5.13 Å². The SMILES string of the molecule is CCCCCCC(=O)Nc1nc(-c2ccc(S(N)(=O)=O)cc2)cs1. The summed E-state index contributed by atoms with van der Waals surface area (Å²) in [6.07, 6.45) is 4.72. The quantitative estimate of drug-likeness (QED) is 0.698. The van der Waals surface area contributed by atoms with Crippen molar-refractivity contribution < 1.29 is 13.2 Å². The minimum Gasteiger partial charge on any atom is -0.302 e.